The Hall–Kier alpha value is -3.07. The van der Waals surface area contributed by atoms with Crippen molar-refractivity contribution in [3.05, 3.63) is 53.7 Å². The number of nitriles is 1. The van der Waals surface area contributed by atoms with E-state index >= 15 is 0 Å². The van der Waals surface area contributed by atoms with Gasteiger partial charge in [0.2, 0.25) is 5.88 Å². The van der Waals surface area contributed by atoms with E-state index in [0.717, 1.165) is 12.2 Å². The van der Waals surface area contributed by atoms with Crippen LogP contribution in [0, 0.1) is 11.3 Å². The third kappa shape index (κ3) is 4.07. The zero-order valence-electron chi connectivity index (χ0n) is 14.0. The minimum Gasteiger partial charge on any atom is -0.494 e. The van der Waals surface area contributed by atoms with E-state index in [4.69, 9.17) is 14.7 Å². The van der Waals surface area contributed by atoms with E-state index in [0.29, 0.717) is 36.7 Å². The van der Waals surface area contributed by atoms with Gasteiger partial charge < -0.3 is 14.4 Å². The number of pyridine rings is 1. The summed E-state index contributed by atoms with van der Waals surface area (Å²) in [7, 11) is 0. The summed E-state index contributed by atoms with van der Waals surface area (Å²) in [6.07, 6.45) is 2.17. The summed E-state index contributed by atoms with van der Waals surface area (Å²) < 4.78 is 11.2. The summed E-state index contributed by atoms with van der Waals surface area (Å²) in [6, 6.07) is 12.5. The molecule has 1 aromatic carbocycles. The highest BCUT2D eigenvalue weighted by atomic mass is 16.5. The number of rotatable bonds is 5. The highest BCUT2D eigenvalue weighted by Gasteiger charge is 2.28. The Morgan fingerprint density at radius 1 is 1.36 bits per heavy atom. The molecule has 6 heteroatoms. The number of hydrogen-bond acceptors (Lipinski definition) is 5. The van der Waals surface area contributed by atoms with E-state index < -0.39 is 0 Å². The minimum atomic E-state index is -0.118. The van der Waals surface area contributed by atoms with E-state index in [-0.39, 0.29) is 12.0 Å². The first-order chi connectivity index (χ1) is 12.2. The molecule has 0 spiro atoms. The maximum absolute atomic E-state index is 12.6. The molecule has 0 N–H and O–H groups in total. The lowest BCUT2D eigenvalue weighted by Gasteiger charge is -2.17. The minimum absolute atomic E-state index is 0.0205. The monoisotopic (exact) mass is 337 g/mol. The van der Waals surface area contributed by atoms with Crippen LogP contribution in [0.5, 0.6) is 11.6 Å². The van der Waals surface area contributed by atoms with Gasteiger partial charge in [0.15, 0.2) is 0 Å². The largest absolute Gasteiger partial charge is 0.494 e. The fourth-order valence-electron chi connectivity index (χ4n) is 2.77. The van der Waals surface area contributed by atoms with Crippen molar-refractivity contribution in [2.24, 2.45) is 0 Å². The molecule has 6 nitrogen and oxygen atoms in total. The number of carbonyl (C=O) groups is 1. The molecule has 0 bridgehead atoms. The Morgan fingerprint density at radius 2 is 2.16 bits per heavy atom. The SMILES string of the molecule is CCOc1ccc(C(=O)N2CCC(Oc3cc(C#N)ccn3)C2)cc1. The van der Waals surface area contributed by atoms with Gasteiger partial charge in [-0.25, -0.2) is 4.98 Å². The summed E-state index contributed by atoms with van der Waals surface area (Å²) in [5, 5.41) is 8.92. The van der Waals surface area contributed by atoms with Gasteiger partial charge >= 0.3 is 0 Å². The quantitative estimate of drug-likeness (QED) is 0.838. The van der Waals surface area contributed by atoms with Gasteiger partial charge in [-0.1, -0.05) is 0 Å². The lowest BCUT2D eigenvalue weighted by molar-refractivity contribution is 0.0771. The molecule has 0 saturated carbocycles. The molecule has 1 atom stereocenters. The third-order valence-corrected chi connectivity index (χ3v) is 4.00. The lowest BCUT2D eigenvalue weighted by Crippen LogP contribution is -2.31. The molecule has 1 amide bonds. The first kappa shape index (κ1) is 16.8. The highest BCUT2D eigenvalue weighted by Crippen LogP contribution is 2.20. The van der Waals surface area contributed by atoms with Crippen LogP contribution in [0.15, 0.2) is 42.6 Å². The number of nitrogens with zero attached hydrogens (tertiary/aromatic N) is 3. The van der Waals surface area contributed by atoms with Crippen molar-refractivity contribution < 1.29 is 14.3 Å². The number of amides is 1. The molecule has 3 rings (SSSR count). The normalized spacial score (nSPS) is 16.3. The molecule has 1 fully saturated rings. The molecule has 2 aromatic rings. The van der Waals surface area contributed by atoms with Crippen LogP contribution in [0.3, 0.4) is 0 Å². The van der Waals surface area contributed by atoms with Gasteiger partial charge in [-0.05, 0) is 37.3 Å². The Kier molecular flexibility index (Phi) is 5.14. The van der Waals surface area contributed by atoms with Crippen LogP contribution in [0.1, 0.15) is 29.3 Å². The first-order valence-electron chi connectivity index (χ1n) is 8.24. The van der Waals surface area contributed by atoms with Crippen molar-refractivity contribution in [2.75, 3.05) is 19.7 Å². The maximum Gasteiger partial charge on any atom is 0.253 e. The zero-order chi connectivity index (χ0) is 17.6. The first-order valence-corrected chi connectivity index (χ1v) is 8.24. The molecule has 25 heavy (non-hydrogen) atoms. The standard InChI is InChI=1S/C19H19N3O3/c1-2-24-16-5-3-15(4-6-16)19(23)22-10-8-17(13-22)25-18-11-14(12-20)7-9-21-18/h3-7,9,11,17H,2,8,10,13H2,1H3. The summed E-state index contributed by atoms with van der Waals surface area (Å²) in [5.74, 6) is 1.15. The predicted octanol–water partition coefficient (Wildman–Crippen LogP) is 2.65. The number of hydrogen-bond donors (Lipinski definition) is 0. The fraction of sp³-hybridized carbons (Fsp3) is 0.316. The smallest absolute Gasteiger partial charge is 0.253 e. The second kappa shape index (κ2) is 7.67. The summed E-state index contributed by atoms with van der Waals surface area (Å²) in [4.78, 5) is 18.5. The van der Waals surface area contributed by atoms with Gasteiger partial charge in [0, 0.05) is 30.8 Å². The van der Waals surface area contributed by atoms with Crippen molar-refractivity contribution in [1.29, 1.82) is 5.26 Å². The van der Waals surface area contributed by atoms with Gasteiger partial charge in [-0.3, -0.25) is 4.79 Å². The van der Waals surface area contributed by atoms with Crippen molar-refractivity contribution in [3.8, 4) is 17.7 Å². The molecular weight excluding hydrogens is 318 g/mol. The van der Waals surface area contributed by atoms with Crippen LogP contribution < -0.4 is 9.47 Å². The fourth-order valence-corrected chi connectivity index (χ4v) is 2.77. The van der Waals surface area contributed by atoms with Gasteiger partial charge in [-0.15, -0.1) is 0 Å². The number of benzene rings is 1. The van der Waals surface area contributed by atoms with Crippen LogP contribution in [0.25, 0.3) is 0 Å². The number of aromatic nitrogens is 1. The Morgan fingerprint density at radius 3 is 2.88 bits per heavy atom. The van der Waals surface area contributed by atoms with Gasteiger partial charge in [0.25, 0.3) is 5.91 Å². The molecule has 1 unspecified atom stereocenters. The van der Waals surface area contributed by atoms with Crippen molar-refractivity contribution in [1.82, 2.24) is 9.88 Å². The van der Waals surface area contributed by atoms with Crippen LogP contribution in [-0.4, -0.2) is 41.6 Å². The zero-order valence-corrected chi connectivity index (χ0v) is 14.0. The Bertz CT molecular complexity index is 783. The molecule has 1 aromatic heterocycles. The number of carbonyl (C=O) groups excluding carboxylic acids is 1. The molecular formula is C19H19N3O3. The summed E-state index contributed by atoms with van der Waals surface area (Å²) in [5.41, 5.74) is 1.14. The van der Waals surface area contributed by atoms with Gasteiger partial charge in [0.1, 0.15) is 11.9 Å². The molecule has 0 radical (unpaired) electrons. The number of likely N-dealkylation sites (tertiary alicyclic amines) is 1. The van der Waals surface area contributed by atoms with Crippen LogP contribution in [0.2, 0.25) is 0 Å². The van der Waals surface area contributed by atoms with E-state index in [1.165, 1.54) is 0 Å². The van der Waals surface area contributed by atoms with Crippen molar-refractivity contribution in [3.63, 3.8) is 0 Å². The van der Waals surface area contributed by atoms with Gasteiger partial charge in [-0.2, -0.15) is 5.26 Å². The highest BCUT2D eigenvalue weighted by molar-refractivity contribution is 5.94. The topological polar surface area (TPSA) is 75.4 Å². The molecule has 1 aliphatic rings. The Labute approximate surface area is 146 Å². The third-order valence-electron chi connectivity index (χ3n) is 4.00. The Balaban J connectivity index is 1.60. The second-order valence-electron chi connectivity index (χ2n) is 5.73. The predicted molar refractivity (Wildman–Crippen MR) is 91.5 cm³/mol. The van der Waals surface area contributed by atoms with E-state index in [1.54, 1.807) is 47.5 Å². The molecule has 0 aliphatic carbocycles. The lowest BCUT2D eigenvalue weighted by atomic mass is 10.2. The van der Waals surface area contributed by atoms with Crippen LogP contribution in [-0.2, 0) is 0 Å². The molecule has 2 heterocycles. The van der Waals surface area contributed by atoms with Crippen molar-refractivity contribution in [2.45, 2.75) is 19.4 Å². The molecule has 128 valence electrons. The average molecular weight is 337 g/mol. The van der Waals surface area contributed by atoms with E-state index in [1.807, 2.05) is 6.92 Å². The maximum atomic E-state index is 12.6. The molecule has 1 aliphatic heterocycles. The molecule has 1 saturated heterocycles. The van der Waals surface area contributed by atoms with Crippen LogP contribution >= 0.6 is 0 Å². The number of ether oxygens (including phenoxy) is 2. The van der Waals surface area contributed by atoms with Crippen LogP contribution in [0.4, 0.5) is 0 Å². The van der Waals surface area contributed by atoms with Crippen molar-refractivity contribution >= 4 is 5.91 Å². The summed E-state index contributed by atoms with van der Waals surface area (Å²) >= 11 is 0. The van der Waals surface area contributed by atoms with Gasteiger partial charge in [0.05, 0.1) is 24.8 Å². The van der Waals surface area contributed by atoms with E-state index in [9.17, 15) is 4.79 Å². The second-order valence-corrected chi connectivity index (χ2v) is 5.73. The summed E-state index contributed by atoms with van der Waals surface area (Å²) in [6.45, 7) is 3.66. The average Bonchev–Trinajstić information content (AvgIpc) is 3.10. The van der Waals surface area contributed by atoms with E-state index in [2.05, 4.69) is 11.1 Å².